The molecule has 2 aromatic rings. The summed E-state index contributed by atoms with van der Waals surface area (Å²) >= 11 is 6.14. The number of ether oxygens (including phenoxy) is 1. The highest BCUT2D eigenvalue weighted by molar-refractivity contribution is 6.16. The lowest BCUT2D eigenvalue weighted by molar-refractivity contribution is 0.252. The summed E-state index contributed by atoms with van der Waals surface area (Å²) in [6, 6.07) is 6.06. The lowest BCUT2D eigenvalue weighted by Gasteiger charge is -2.34. The molecule has 20 heavy (non-hydrogen) atoms. The van der Waals surface area contributed by atoms with Crippen molar-refractivity contribution in [1.82, 2.24) is 9.55 Å². The Hall–Kier alpha value is -1.22. The van der Waals surface area contributed by atoms with Crippen LogP contribution in [0.4, 0.5) is 0 Å². The average Bonchev–Trinajstić information content (AvgIpc) is 2.88. The second kappa shape index (κ2) is 6.04. The Morgan fingerprint density at radius 2 is 1.85 bits per heavy atom. The van der Waals surface area contributed by atoms with Crippen molar-refractivity contribution in [3.63, 3.8) is 0 Å². The molecule has 0 amide bonds. The fraction of sp³-hybridized carbons (Fsp3) is 0.562. The number of benzene rings is 1. The van der Waals surface area contributed by atoms with Gasteiger partial charge in [-0.15, -0.1) is 11.6 Å². The number of hydrogen-bond donors (Lipinski definition) is 0. The van der Waals surface area contributed by atoms with Crippen LogP contribution in [0.3, 0.4) is 0 Å². The number of methoxy groups -OCH3 is 1. The summed E-state index contributed by atoms with van der Waals surface area (Å²) in [5.41, 5.74) is 2.19. The molecule has 1 heterocycles. The molecule has 0 atom stereocenters. The van der Waals surface area contributed by atoms with Crippen molar-refractivity contribution in [3.05, 3.63) is 24.0 Å². The van der Waals surface area contributed by atoms with E-state index < -0.39 is 0 Å². The van der Waals surface area contributed by atoms with Crippen LogP contribution in [0.2, 0.25) is 0 Å². The molecular formula is C16H23ClN2O. The summed E-state index contributed by atoms with van der Waals surface area (Å²) in [5.74, 6) is 2.21. The molecule has 0 fully saturated rings. The molecule has 0 unspecified atom stereocenters. The van der Waals surface area contributed by atoms with Crippen LogP contribution in [0.1, 0.15) is 45.9 Å². The van der Waals surface area contributed by atoms with E-state index in [2.05, 4.69) is 31.4 Å². The van der Waals surface area contributed by atoms with E-state index in [0.29, 0.717) is 5.88 Å². The van der Waals surface area contributed by atoms with E-state index in [4.69, 9.17) is 21.3 Å². The van der Waals surface area contributed by atoms with Crippen LogP contribution in [0, 0.1) is 0 Å². The number of imidazole rings is 1. The quantitative estimate of drug-likeness (QED) is 0.722. The molecule has 1 aromatic heterocycles. The van der Waals surface area contributed by atoms with Gasteiger partial charge in [-0.3, -0.25) is 0 Å². The maximum atomic E-state index is 6.14. The van der Waals surface area contributed by atoms with Crippen molar-refractivity contribution in [1.29, 1.82) is 0 Å². The minimum atomic E-state index is 0.0908. The lowest BCUT2D eigenvalue weighted by Crippen LogP contribution is -2.32. The van der Waals surface area contributed by atoms with Gasteiger partial charge in [0.25, 0.3) is 0 Å². The van der Waals surface area contributed by atoms with Crippen LogP contribution in [0.25, 0.3) is 11.0 Å². The summed E-state index contributed by atoms with van der Waals surface area (Å²) < 4.78 is 7.63. The second-order valence-corrected chi connectivity index (χ2v) is 5.40. The summed E-state index contributed by atoms with van der Waals surface area (Å²) in [4.78, 5) is 4.70. The van der Waals surface area contributed by atoms with Gasteiger partial charge < -0.3 is 9.30 Å². The molecule has 110 valence electrons. The lowest BCUT2D eigenvalue weighted by atomic mass is 9.89. The van der Waals surface area contributed by atoms with Crippen molar-refractivity contribution in [2.45, 2.75) is 51.5 Å². The number of halogens is 1. The average molecular weight is 295 g/mol. The highest BCUT2D eigenvalue weighted by Gasteiger charge is 2.30. The van der Waals surface area contributed by atoms with Gasteiger partial charge in [0.15, 0.2) is 0 Å². The van der Waals surface area contributed by atoms with Crippen molar-refractivity contribution in [2.75, 3.05) is 7.11 Å². The number of rotatable bonds is 6. The Morgan fingerprint density at radius 1 is 1.20 bits per heavy atom. The molecule has 0 radical (unpaired) electrons. The van der Waals surface area contributed by atoms with Crippen LogP contribution in [0.15, 0.2) is 18.2 Å². The van der Waals surface area contributed by atoms with E-state index in [1.807, 2.05) is 12.1 Å². The number of hydrogen-bond acceptors (Lipinski definition) is 2. The third-order valence-electron chi connectivity index (χ3n) is 4.50. The van der Waals surface area contributed by atoms with Crippen molar-refractivity contribution >= 4 is 22.6 Å². The van der Waals surface area contributed by atoms with E-state index in [0.717, 1.165) is 41.9 Å². The minimum Gasteiger partial charge on any atom is -0.497 e. The van der Waals surface area contributed by atoms with E-state index in [1.165, 1.54) is 0 Å². The maximum absolute atomic E-state index is 6.14. The standard InChI is InChI=1S/C16H23ClN2O/c1-5-16(6-2,7-3)19-14-9-8-12(20-4)10-13(14)18-15(19)11-17/h8-10H,5-7,11H2,1-4H3. The zero-order chi connectivity index (χ0) is 14.8. The van der Waals surface area contributed by atoms with Gasteiger partial charge in [0.1, 0.15) is 11.6 Å². The maximum Gasteiger partial charge on any atom is 0.125 e. The third-order valence-corrected chi connectivity index (χ3v) is 4.74. The SMILES string of the molecule is CCC(CC)(CC)n1c(CCl)nc2cc(OC)ccc21. The Bertz CT molecular complexity index is 579. The summed E-state index contributed by atoms with van der Waals surface area (Å²) in [6.07, 6.45) is 3.21. The van der Waals surface area contributed by atoms with Crippen LogP contribution < -0.4 is 4.74 Å². The molecule has 0 aliphatic heterocycles. The van der Waals surface area contributed by atoms with E-state index >= 15 is 0 Å². The zero-order valence-electron chi connectivity index (χ0n) is 12.7. The van der Waals surface area contributed by atoms with Gasteiger partial charge in [0.05, 0.1) is 24.0 Å². The predicted molar refractivity (Wildman–Crippen MR) is 84.7 cm³/mol. The van der Waals surface area contributed by atoms with Crippen LogP contribution >= 0.6 is 11.6 Å². The molecule has 0 saturated carbocycles. The molecule has 0 aliphatic carbocycles. The fourth-order valence-corrected chi connectivity index (χ4v) is 3.26. The second-order valence-electron chi connectivity index (χ2n) is 5.14. The van der Waals surface area contributed by atoms with Gasteiger partial charge in [0.2, 0.25) is 0 Å². The largest absolute Gasteiger partial charge is 0.497 e. The summed E-state index contributed by atoms with van der Waals surface area (Å²) in [7, 11) is 1.68. The topological polar surface area (TPSA) is 27.1 Å². The van der Waals surface area contributed by atoms with Gasteiger partial charge in [0, 0.05) is 11.6 Å². The molecule has 0 bridgehead atoms. The summed E-state index contributed by atoms with van der Waals surface area (Å²) in [6.45, 7) is 6.71. The van der Waals surface area contributed by atoms with E-state index in [1.54, 1.807) is 7.11 Å². The molecule has 0 saturated heterocycles. The predicted octanol–water partition coefficient (Wildman–Crippen LogP) is 4.71. The van der Waals surface area contributed by atoms with Gasteiger partial charge >= 0.3 is 0 Å². The molecule has 3 nitrogen and oxygen atoms in total. The molecule has 4 heteroatoms. The van der Waals surface area contributed by atoms with Crippen LogP contribution in [-0.4, -0.2) is 16.7 Å². The minimum absolute atomic E-state index is 0.0908. The summed E-state index contributed by atoms with van der Waals surface area (Å²) in [5, 5.41) is 0. The van der Waals surface area contributed by atoms with E-state index in [9.17, 15) is 0 Å². The van der Waals surface area contributed by atoms with Gasteiger partial charge in [-0.25, -0.2) is 4.98 Å². The van der Waals surface area contributed by atoms with Crippen molar-refractivity contribution in [2.24, 2.45) is 0 Å². The van der Waals surface area contributed by atoms with Crippen molar-refractivity contribution < 1.29 is 4.74 Å². The number of nitrogens with zero attached hydrogens (tertiary/aromatic N) is 2. The highest BCUT2D eigenvalue weighted by Crippen LogP contribution is 2.35. The number of alkyl halides is 1. The monoisotopic (exact) mass is 294 g/mol. The molecular weight excluding hydrogens is 272 g/mol. The smallest absolute Gasteiger partial charge is 0.125 e. The Balaban J connectivity index is 2.73. The Morgan fingerprint density at radius 3 is 2.35 bits per heavy atom. The van der Waals surface area contributed by atoms with Gasteiger partial charge in [-0.2, -0.15) is 0 Å². The first kappa shape index (κ1) is 15.2. The Kier molecular flexibility index (Phi) is 4.59. The first-order valence-corrected chi connectivity index (χ1v) is 7.81. The molecule has 0 N–H and O–H groups in total. The van der Waals surface area contributed by atoms with Crippen molar-refractivity contribution in [3.8, 4) is 5.75 Å². The fourth-order valence-electron chi connectivity index (χ4n) is 3.08. The third kappa shape index (κ3) is 2.28. The highest BCUT2D eigenvalue weighted by atomic mass is 35.5. The number of aromatic nitrogens is 2. The molecule has 2 rings (SSSR count). The van der Waals surface area contributed by atoms with Crippen LogP contribution in [0.5, 0.6) is 5.75 Å². The molecule has 0 aliphatic rings. The zero-order valence-corrected chi connectivity index (χ0v) is 13.5. The first-order valence-electron chi connectivity index (χ1n) is 7.27. The first-order chi connectivity index (χ1) is 9.65. The van der Waals surface area contributed by atoms with Gasteiger partial charge in [-0.05, 0) is 31.4 Å². The normalized spacial score (nSPS) is 12.1. The molecule has 1 aromatic carbocycles. The van der Waals surface area contributed by atoms with Gasteiger partial charge in [-0.1, -0.05) is 20.8 Å². The van der Waals surface area contributed by atoms with E-state index in [-0.39, 0.29) is 5.54 Å². The molecule has 0 spiro atoms. The van der Waals surface area contributed by atoms with Crippen LogP contribution in [-0.2, 0) is 11.4 Å². The Labute approximate surface area is 125 Å². The number of fused-ring (bicyclic) bond motifs is 1.